The van der Waals surface area contributed by atoms with Gasteiger partial charge < -0.3 is 4.90 Å². The van der Waals surface area contributed by atoms with Crippen molar-refractivity contribution in [2.45, 2.75) is 65.7 Å². The van der Waals surface area contributed by atoms with Crippen LogP contribution in [0, 0.1) is 10.8 Å². The predicted molar refractivity (Wildman–Crippen MR) is 136 cm³/mol. The number of carbonyl (C=O) groups excluding carboxylic acids is 2. The summed E-state index contributed by atoms with van der Waals surface area (Å²) in [6, 6.07) is 20.7. The lowest BCUT2D eigenvalue weighted by Crippen LogP contribution is -2.45. The van der Waals surface area contributed by atoms with E-state index < -0.39 is 0 Å². The molecular formula is C31H35NO2. The van der Waals surface area contributed by atoms with Crippen LogP contribution in [-0.2, 0) is 16.0 Å². The molecule has 0 radical (unpaired) electrons. The van der Waals surface area contributed by atoms with E-state index in [1.54, 1.807) is 0 Å². The van der Waals surface area contributed by atoms with Crippen LogP contribution in [0.3, 0.4) is 0 Å². The molecule has 0 saturated carbocycles. The summed E-state index contributed by atoms with van der Waals surface area (Å²) in [5.41, 5.74) is 6.19. The van der Waals surface area contributed by atoms with Gasteiger partial charge in [-0.05, 0) is 41.2 Å². The number of Topliss-reactive ketones (excluding diaryl/α,β-unsaturated/α-hetero) is 2. The molecule has 5 rings (SSSR count). The zero-order valence-electron chi connectivity index (χ0n) is 20.9. The first-order valence-corrected chi connectivity index (χ1v) is 12.5. The molecule has 0 fully saturated rings. The lowest BCUT2D eigenvalue weighted by atomic mass is 9.63. The molecule has 2 aromatic rings. The summed E-state index contributed by atoms with van der Waals surface area (Å²) in [5.74, 6) is 0.161. The minimum Gasteiger partial charge on any atom is -0.347 e. The van der Waals surface area contributed by atoms with E-state index in [-0.39, 0.29) is 28.3 Å². The highest BCUT2D eigenvalue weighted by Gasteiger charge is 2.48. The fourth-order valence-corrected chi connectivity index (χ4v) is 6.18. The molecule has 0 amide bonds. The zero-order valence-corrected chi connectivity index (χ0v) is 20.9. The second-order valence-corrected chi connectivity index (χ2v) is 11.8. The van der Waals surface area contributed by atoms with Gasteiger partial charge in [0.25, 0.3) is 0 Å². The van der Waals surface area contributed by atoms with Gasteiger partial charge in [0.1, 0.15) is 0 Å². The van der Waals surface area contributed by atoms with E-state index in [1.165, 1.54) is 5.56 Å². The van der Waals surface area contributed by atoms with Gasteiger partial charge in [-0.15, -0.1) is 0 Å². The van der Waals surface area contributed by atoms with Crippen LogP contribution in [0.1, 0.15) is 70.4 Å². The van der Waals surface area contributed by atoms with Crippen molar-refractivity contribution in [2.24, 2.45) is 10.8 Å². The van der Waals surface area contributed by atoms with Gasteiger partial charge in [0.05, 0.1) is 0 Å². The molecule has 1 aliphatic heterocycles. The van der Waals surface area contributed by atoms with Crippen LogP contribution in [0.15, 0.2) is 83.2 Å². The number of hydrogen-bond donors (Lipinski definition) is 0. The number of allylic oxidation sites excluding steroid dienone is 4. The second kappa shape index (κ2) is 8.37. The van der Waals surface area contributed by atoms with Crippen molar-refractivity contribution in [3.63, 3.8) is 0 Å². The third-order valence-electron chi connectivity index (χ3n) is 7.62. The Balaban J connectivity index is 1.69. The monoisotopic (exact) mass is 453 g/mol. The smallest absolute Gasteiger partial charge is 0.162 e. The quantitative estimate of drug-likeness (QED) is 0.522. The molecule has 2 aromatic carbocycles. The Morgan fingerprint density at radius 2 is 1.18 bits per heavy atom. The summed E-state index contributed by atoms with van der Waals surface area (Å²) in [4.78, 5) is 29.9. The topological polar surface area (TPSA) is 37.4 Å². The highest BCUT2D eigenvalue weighted by atomic mass is 16.1. The number of nitrogens with zero attached hydrogens (tertiary/aromatic N) is 1. The molecule has 3 heteroatoms. The van der Waals surface area contributed by atoms with Crippen LogP contribution in [0.2, 0.25) is 0 Å². The molecule has 34 heavy (non-hydrogen) atoms. The fourth-order valence-electron chi connectivity index (χ4n) is 6.18. The van der Waals surface area contributed by atoms with Gasteiger partial charge in [-0.25, -0.2) is 0 Å². The molecule has 0 atom stereocenters. The largest absolute Gasteiger partial charge is 0.347 e. The number of hydrogen-bond acceptors (Lipinski definition) is 3. The second-order valence-electron chi connectivity index (χ2n) is 11.8. The molecule has 0 bridgehead atoms. The molecule has 176 valence electrons. The van der Waals surface area contributed by atoms with Crippen molar-refractivity contribution in [3.8, 4) is 0 Å². The van der Waals surface area contributed by atoms with Crippen LogP contribution < -0.4 is 0 Å². The summed E-state index contributed by atoms with van der Waals surface area (Å²) in [5, 5.41) is 0. The van der Waals surface area contributed by atoms with Gasteiger partial charge >= 0.3 is 0 Å². The Bertz CT molecular complexity index is 1130. The number of rotatable bonds is 4. The third kappa shape index (κ3) is 4.17. The Kier molecular flexibility index (Phi) is 5.62. The minimum absolute atomic E-state index is 0.0889. The van der Waals surface area contributed by atoms with Crippen molar-refractivity contribution >= 4 is 11.6 Å². The maximum atomic E-state index is 13.7. The molecule has 0 aromatic heterocycles. The van der Waals surface area contributed by atoms with Crippen molar-refractivity contribution in [1.29, 1.82) is 0 Å². The Morgan fingerprint density at radius 3 is 1.68 bits per heavy atom. The van der Waals surface area contributed by atoms with Crippen LogP contribution in [-0.4, -0.2) is 23.0 Å². The van der Waals surface area contributed by atoms with Crippen LogP contribution in [0.4, 0.5) is 0 Å². The maximum absolute atomic E-state index is 13.7. The average Bonchev–Trinajstić information content (AvgIpc) is 2.77. The Hall–Kier alpha value is -2.94. The average molecular weight is 454 g/mol. The summed E-state index contributed by atoms with van der Waals surface area (Å²) in [7, 11) is 0. The van der Waals surface area contributed by atoms with Crippen LogP contribution in [0.5, 0.6) is 0 Å². The SMILES string of the molecule is CC1(C)CC(=O)C2=C(C1)N(CCc1ccccc1)C1=C(C(=O)CC(C)(C)C1)C2c1ccccc1. The Labute approximate surface area is 203 Å². The first-order chi connectivity index (χ1) is 16.2. The summed E-state index contributed by atoms with van der Waals surface area (Å²) < 4.78 is 0. The number of carbonyl (C=O) groups is 2. The zero-order chi connectivity index (χ0) is 24.1. The molecule has 3 aliphatic rings. The molecule has 0 spiro atoms. The molecule has 3 nitrogen and oxygen atoms in total. The van der Waals surface area contributed by atoms with E-state index in [0.717, 1.165) is 53.9 Å². The van der Waals surface area contributed by atoms with E-state index in [0.29, 0.717) is 12.8 Å². The van der Waals surface area contributed by atoms with Gasteiger partial charge in [0.15, 0.2) is 11.6 Å². The van der Waals surface area contributed by atoms with Gasteiger partial charge in [-0.1, -0.05) is 88.4 Å². The van der Waals surface area contributed by atoms with Gasteiger partial charge in [0.2, 0.25) is 0 Å². The number of benzene rings is 2. The van der Waals surface area contributed by atoms with Gasteiger partial charge in [-0.3, -0.25) is 9.59 Å². The van der Waals surface area contributed by atoms with Gasteiger partial charge in [0, 0.05) is 47.8 Å². The van der Waals surface area contributed by atoms with E-state index >= 15 is 0 Å². The molecular weight excluding hydrogens is 418 g/mol. The van der Waals surface area contributed by atoms with E-state index in [1.807, 2.05) is 24.3 Å². The van der Waals surface area contributed by atoms with Crippen LogP contribution >= 0.6 is 0 Å². The third-order valence-corrected chi connectivity index (χ3v) is 7.62. The molecule has 0 N–H and O–H groups in total. The Morgan fingerprint density at radius 1 is 0.706 bits per heavy atom. The van der Waals surface area contributed by atoms with Gasteiger partial charge in [-0.2, -0.15) is 0 Å². The van der Waals surface area contributed by atoms with Crippen LogP contribution in [0.25, 0.3) is 0 Å². The molecule has 1 heterocycles. The molecule has 0 unspecified atom stereocenters. The van der Waals surface area contributed by atoms with E-state index in [9.17, 15) is 9.59 Å². The maximum Gasteiger partial charge on any atom is 0.162 e. The molecule has 0 saturated heterocycles. The van der Waals surface area contributed by atoms with E-state index in [4.69, 9.17) is 0 Å². The van der Waals surface area contributed by atoms with Crippen molar-refractivity contribution in [3.05, 3.63) is 94.3 Å². The van der Waals surface area contributed by atoms with Crippen molar-refractivity contribution < 1.29 is 9.59 Å². The lowest BCUT2D eigenvalue weighted by molar-refractivity contribution is -0.119. The normalized spacial score (nSPS) is 22.1. The van der Waals surface area contributed by atoms with Crippen molar-refractivity contribution in [1.82, 2.24) is 4.90 Å². The number of ketones is 2. The standard InChI is InChI=1S/C31H35NO2/c1-30(2)17-23-28(25(33)19-30)27(22-13-9-6-10-14-22)29-24(18-31(3,4)20-26(29)34)32(23)16-15-21-11-7-5-8-12-21/h5-14,27H,15-20H2,1-4H3. The summed E-state index contributed by atoms with van der Waals surface area (Å²) in [6.45, 7) is 9.57. The molecule has 2 aliphatic carbocycles. The minimum atomic E-state index is -0.244. The van der Waals surface area contributed by atoms with E-state index in [2.05, 4.69) is 69.0 Å². The van der Waals surface area contributed by atoms with Crippen molar-refractivity contribution in [2.75, 3.05) is 6.54 Å². The summed E-state index contributed by atoms with van der Waals surface area (Å²) >= 11 is 0. The highest BCUT2D eigenvalue weighted by Crippen LogP contribution is 2.54. The highest BCUT2D eigenvalue weighted by molar-refractivity contribution is 6.06. The first-order valence-electron chi connectivity index (χ1n) is 12.5. The lowest BCUT2D eigenvalue weighted by Gasteiger charge is -2.49. The fraction of sp³-hybridized carbons (Fsp3) is 0.419. The predicted octanol–water partition coefficient (Wildman–Crippen LogP) is 6.61. The summed E-state index contributed by atoms with van der Waals surface area (Å²) in [6.07, 6.45) is 3.66. The first kappa shape index (κ1) is 22.8.